The van der Waals surface area contributed by atoms with E-state index in [1.807, 2.05) is 0 Å². The summed E-state index contributed by atoms with van der Waals surface area (Å²) >= 11 is 1.02. The van der Waals surface area contributed by atoms with E-state index in [0.717, 1.165) is 16.4 Å². The lowest BCUT2D eigenvalue weighted by atomic mass is 9.84. The number of aliphatic carboxylic acids is 2. The lowest BCUT2D eigenvalue weighted by Gasteiger charge is -2.51. The Morgan fingerprint density at radius 1 is 1.36 bits per heavy atom. The number of oxime groups is 1. The van der Waals surface area contributed by atoms with E-state index in [1.54, 1.807) is 13.8 Å². The van der Waals surface area contributed by atoms with Crippen LogP contribution in [-0.4, -0.2) is 74.5 Å². The number of rotatable bonds is 9. The number of carboxylic acids is 2. The van der Waals surface area contributed by atoms with Crippen LogP contribution < -0.4 is 11.1 Å². The third kappa shape index (κ3) is 4.52. The van der Waals surface area contributed by atoms with Crippen molar-refractivity contribution in [3.8, 4) is 0 Å². The van der Waals surface area contributed by atoms with Gasteiger partial charge in [0.25, 0.3) is 11.8 Å². The smallest absolute Gasteiger partial charge is 0.344 e. The number of carbonyl (C=O) groups is 4. The fourth-order valence-electron chi connectivity index (χ4n) is 2.30. The maximum Gasteiger partial charge on any atom is 0.344 e. The second kappa shape index (κ2) is 8.18. The Labute approximate surface area is 161 Å². The summed E-state index contributed by atoms with van der Waals surface area (Å²) in [5, 5.41) is 25.6. The molecule has 1 fully saturated rings. The van der Waals surface area contributed by atoms with Gasteiger partial charge in [0, 0.05) is 5.38 Å². The Bertz CT molecular complexity index is 835. The molecule has 0 unspecified atom stereocenters. The van der Waals surface area contributed by atoms with E-state index in [4.69, 9.17) is 20.8 Å². The van der Waals surface area contributed by atoms with E-state index in [2.05, 4.69) is 20.3 Å². The molecule has 14 heteroatoms. The molecule has 1 atom stereocenters. The number of amides is 2. The first-order valence-corrected chi connectivity index (χ1v) is 8.54. The number of hydrogen-bond acceptors (Lipinski definition) is 10. The Hall–Kier alpha value is -3.26. The lowest BCUT2D eigenvalue weighted by molar-refractivity contribution is -0.257. The van der Waals surface area contributed by atoms with E-state index in [1.165, 1.54) is 5.38 Å². The van der Waals surface area contributed by atoms with Gasteiger partial charge in [0.15, 0.2) is 17.5 Å². The van der Waals surface area contributed by atoms with E-state index in [9.17, 15) is 19.2 Å². The molecule has 1 aliphatic rings. The zero-order chi connectivity index (χ0) is 21.1. The number of carboxylic acid groups (broad SMARTS) is 2. The molecular formula is C14H17N5O8S. The van der Waals surface area contributed by atoms with Gasteiger partial charge in [-0.25, -0.2) is 19.6 Å². The van der Waals surface area contributed by atoms with Gasteiger partial charge in [-0.2, -0.15) is 0 Å². The standard InChI is InChI=1S/C14H17N5O8S/c1-14(2)10(12(25)19(14)27-4-8(22)23)17-11(24)9(18-26-3-7(20)21)6-5-28-13(15)16-6/h5,10H,3-4H2,1-2H3,(H2,15,16)(H,17,24)(H,20,21)(H,22,23)/t10-/m1/s1. The van der Waals surface area contributed by atoms with E-state index in [-0.39, 0.29) is 16.5 Å². The minimum Gasteiger partial charge on any atom is -0.479 e. The van der Waals surface area contributed by atoms with Gasteiger partial charge in [-0.05, 0) is 13.8 Å². The monoisotopic (exact) mass is 415 g/mol. The van der Waals surface area contributed by atoms with Crippen LogP contribution in [0.15, 0.2) is 10.5 Å². The average molecular weight is 415 g/mol. The molecule has 0 radical (unpaired) electrons. The topological polar surface area (TPSA) is 194 Å². The minimum absolute atomic E-state index is 0.0361. The largest absolute Gasteiger partial charge is 0.479 e. The van der Waals surface area contributed by atoms with E-state index < -0.39 is 48.5 Å². The van der Waals surface area contributed by atoms with Crippen molar-refractivity contribution < 1.29 is 39.1 Å². The summed E-state index contributed by atoms with van der Waals surface area (Å²) in [6, 6.07) is -1.05. The molecule has 0 saturated carbocycles. The molecule has 0 aliphatic carbocycles. The maximum atomic E-state index is 12.6. The highest BCUT2D eigenvalue weighted by Gasteiger charge is 2.56. The number of nitrogen functional groups attached to an aromatic ring is 1. The highest BCUT2D eigenvalue weighted by atomic mass is 32.1. The van der Waals surface area contributed by atoms with Gasteiger partial charge in [0.2, 0.25) is 6.61 Å². The van der Waals surface area contributed by atoms with Crippen LogP contribution in [0.2, 0.25) is 0 Å². The van der Waals surface area contributed by atoms with Crippen LogP contribution >= 0.6 is 11.3 Å². The molecule has 0 spiro atoms. The van der Waals surface area contributed by atoms with Crippen molar-refractivity contribution in [3.05, 3.63) is 11.1 Å². The molecule has 1 saturated heterocycles. The van der Waals surface area contributed by atoms with Crippen molar-refractivity contribution in [2.45, 2.75) is 25.4 Å². The van der Waals surface area contributed by atoms with Crippen molar-refractivity contribution in [2.24, 2.45) is 5.16 Å². The number of hydrogen-bond donors (Lipinski definition) is 4. The van der Waals surface area contributed by atoms with Crippen LogP contribution in [0.3, 0.4) is 0 Å². The molecular weight excluding hydrogens is 398 g/mol. The van der Waals surface area contributed by atoms with Crippen molar-refractivity contribution in [3.63, 3.8) is 0 Å². The molecule has 152 valence electrons. The molecule has 5 N–H and O–H groups in total. The third-order valence-corrected chi connectivity index (χ3v) is 4.27. The van der Waals surface area contributed by atoms with Crippen LogP contribution in [-0.2, 0) is 28.9 Å². The van der Waals surface area contributed by atoms with Crippen molar-refractivity contribution in [1.29, 1.82) is 0 Å². The summed E-state index contributed by atoms with van der Waals surface area (Å²) < 4.78 is 0. The summed E-state index contributed by atoms with van der Waals surface area (Å²) in [5.74, 6) is -4.09. The van der Waals surface area contributed by atoms with Crippen LogP contribution in [0.25, 0.3) is 0 Å². The number of nitrogens with zero attached hydrogens (tertiary/aromatic N) is 3. The second-order valence-corrected chi connectivity index (χ2v) is 6.93. The summed E-state index contributed by atoms with van der Waals surface area (Å²) in [6.07, 6.45) is 0. The zero-order valence-corrected chi connectivity index (χ0v) is 15.6. The first-order valence-electron chi connectivity index (χ1n) is 7.66. The Kier molecular flexibility index (Phi) is 6.15. The number of anilines is 1. The van der Waals surface area contributed by atoms with Gasteiger partial charge in [-0.1, -0.05) is 5.16 Å². The van der Waals surface area contributed by atoms with Crippen LogP contribution in [0, 0.1) is 0 Å². The Balaban J connectivity index is 2.14. The number of β-lactam (4-membered cyclic amide) rings is 1. The van der Waals surface area contributed by atoms with Crippen LogP contribution in [0.4, 0.5) is 5.13 Å². The van der Waals surface area contributed by atoms with Gasteiger partial charge in [0.1, 0.15) is 11.7 Å². The number of aromatic nitrogens is 1. The molecule has 2 rings (SSSR count). The SMILES string of the molecule is CC1(C)[C@H](NC(=O)C(=NOCC(=O)O)c2csc(N)n2)C(=O)N1OCC(=O)O. The highest BCUT2D eigenvalue weighted by molar-refractivity contribution is 7.13. The normalized spacial score (nSPS) is 18.4. The van der Waals surface area contributed by atoms with Crippen molar-refractivity contribution in [2.75, 3.05) is 18.9 Å². The summed E-state index contributed by atoms with van der Waals surface area (Å²) in [7, 11) is 0. The van der Waals surface area contributed by atoms with Crippen LogP contribution in [0.1, 0.15) is 19.5 Å². The third-order valence-electron chi connectivity index (χ3n) is 3.59. The van der Waals surface area contributed by atoms with Crippen molar-refractivity contribution in [1.82, 2.24) is 15.4 Å². The second-order valence-electron chi connectivity index (χ2n) is 6.04. The summed E-state index contributed by atoms with van der Waals surface area (Å²) in [5.41, 5.74) is 4.15. The molecule has 28 heavy (non-hydrogen) atoms. The lowest BCUT2D eigenvalue weighted by Crippen LogP contribution is -2.76. The molecule has 1 aliphatic heterocycles. The van der Waals surface area contributed by atoms with Crippen LogP contribution in [0.5, 0.6) is 0 Å². The predicted octanol–water partition coefficient (Wildman–Crippen LogP) is -1.35. The quantitative estimate of drug-likeness (QED) is 0.213. The summed E-state index contributed by atoms with van der Waals surface area (Å²) in [6.45, 7) is 1.60. The van der Waals surface area contributed by atoms with Gasteiger partial charge >= 0.3 is 11.9 Å². The zero-order valence-electron chi connectivity index (χ0n) is 14.7. The Morgan fingerprint density at radius 2 is 2.00 bits per heavy atom. The first kappa shape index (κ1) is 21.0. The average Bonchev–Trinajstić information content (AvgIpc) is 3.01. The number of nitrogens with one attached hydrogen (secondary N) is 1. The molecule has 0 bridgehead atoms. The fourth-order valence-corrected chi connectivity index (χ4v) is 2.84. The number of thiazole rings is 1. The molecule has 2 heterocycles. The maximum absolute atomic E-state index is 12.6. The molecule has 1 aromatic rings. The number of hydroxylamine groups is 2. The first-order chi connectivity index (χ1) is 13.0. The molecule has 2 amide bonds. The predicted molar refractivity (Wildman–Crippen MR) is 93.1 cm³/mol. The Morgan fingerprint density at radius 3 is 2.50 bits per heavy atom. The summed E-state index contributed by atoms with van der Waals surface area (Å²) in [4.78, 5) is 59.4. The molecule has 13 nitrogen and oxygen atoms in total. The van der Waals surface area contributed by atoms with E-state index in [0.29, 0.717) is 0 Å². The minimum atomic E-state index is -1.30. The fraction of sp³-hybridized carbons (Fsp3) is 0.429. The molecule has 0 aromatic carbocycles. The highest BCUT2D eigenvalue weighted by Crippen LogP contribution is 2.32. The van der Waals surface area contributed by atoms with Crippen molar-refractivity contribution >= 4 is 45.9 Å². The van der Waals surface area contributed by atoms with Gasteiger partial charge in [0.05, 0.1) is 5.54 Å². The van der Waals surface area contributed by atoms with Gasteiger partial charge in [-0.3, -0.25) is 14.4 Å². The molecule has 1 aromatic heterocycles. The number of nitrogens with two attached hydrogens (primary N) is 1. The van der Waals surface area contributed by atoms with E-state index >= 15 is 0 Å². The number of carbonyl (C=O) groups excluding carboxylic acids is 2. The van der Waals surface area contributed by atoms with Gasteiger partial charge in [-0.15, -0.1) is 11.3 Å². The van der Waals surface area contributed by atoms with Gasteiger partial charge < -0.3 is 26.1 Å².